The monoisotopic (exact) mass is 1220 g/mol. The van der Waals surface area contributed by atoms with Crippen molar-refractivity contribution >= 4 is 83.0 Å². The molecule has 27 heteroatoms. The van der Waals surface area contributed by atoms with Crippen molar-refractivity contribution in [1.82, 2.24) is 29.7 Å². The lowest BCUT2D eigenvalue weighted by molar-refractivity contribution is -0.0504. The maximum atomic E-state index is 13.2. The van der Waals surface area contributed by atoms with Gasteiger partial charge in [-0.25, -0.2) is 26.8 Å². The van der Waals surface area contributed by atoms with E-state index in [1.165, 1.54) is 42.8 Å². The predicted molar refractivity (Wildman–Crippen MR) is 318 cm³/mol. The van der Waals surface area contributed by atoms with Crippen LogP contribution in [0.3, 0.4) is 0 Å². The Morgan fingerprint density at radius 1 is 0.578 bits per heavy atom. The molecule has 8 rings (SSSR count). The van der Waals surface area contributed by atoms with E-state index in [0.29, 0.717) is 29.2 Å². The van der Waals surface area contributed by atoms with Crippen molar-refractivity contribution < 1.29 is 53.3 Å². The van der Waals surface area contributed by atoms with Crippen LogP contribution in [0.2, 0.25) is 5.28 Å². The van der Waals surface area contributed by atoms with Crippen LogP contribution in [-0.2, 0) is 19.7 Å². The number of nitrogens with zero attached hydrogens (tertiary/aromatic N) is 8. The number of sulfone groups is 2. The van der Waals surface area contributed by atoms with Crippen LogP contribution in [0.4, 0.5) is 69.3 Å². The van der Waals surface area contributed by atoms with E-state index in [0.717, 1.165) is 62.9 Å². The highest BCUT2D eigenvalue weighted by Gasteiger charge is 2.27. The summed E-state index contributed by atoms with van der Waals surface area (Å²) in [6.07, 6.45) is 6.61. The number of hydrogen-bond acceptors (Lipinski definition) is 20. The maximum Gasteiger partial charge on any atom is 0.387 e. The van der Waals surface area contributed by atoms with E-state index in [4.69, 9.17) is 26.8 Å². The molecule has 452 valence electrons. The van der Waals surface area contributed by atoms with Crippen molar-refractivity contribution in [2.24, 2.45) is 0 Å². The molecule has 0 aliphatic carbocycles. The molecule has 0 amide bonds. The zero-order valence-corrected chi connectivity index (χ0v) is 50.4. The molecule has 4 heterocycles. The van der Waals surface area contributed by atoms with Gasteiger partial charge in [0.1, 0.15) is 11.5 Å². The number of nitrogen functional groups attached to an aromatic ring is 1. The number of para-hydroxylation sites is 2. The van der Waals surface area contributed by atoms with Crippen molar-refractivity contribution in [2.45, 2.75) is 99.0 Å². The van der Waals surface area contributed by atoms with E-state index in [1.807, 2.05) is 30.3 Å². The molecule has 2 aliphatic rings. The van der Waals surface area contributed by atoms with Crippen LogP contribution in [0.25, 0.3) is 0 Å². The number of piperidine rings is 2. The second-order valence-corrected chi connectivity index (χ2v) is 25.5. The van der Waals surface area contributed by atoms with Gasteiger partial charge in [0, 0.05) is 61.8 Å². The van der Waals surface area contributed by atoms with Gasteiger partial charge in [-0.2, -0.15) is 27.5 Å². The molecular weight excluding hydrogens is 1140 g/mol. The molecule has 2 saturated heterocycles. The first kappa shape index (κ1) is 65.0. The average Bonchev–Trinajstić information content (AvgIpc) is 3.63. The summed E-state index contributed by atoms with van der Waals surface area (Å²) in [7, 11) is 4.45. The van der Waals surface area contributed by atoms with Crippen LogP contribution < -0.4 is 50.4 Å². The van der Waals surface area contributed by atoms with Gasteiger partial charge in [-0.1, -0.05) is 24.3 Å². The smallest absolute Gasteiger partial charge is 0.387 e. The second-order valence-electron chi connectivity index (χ2n) is 20.2. The Morgan fingerprint density at radius 3 is 1.43 bits per heavy atom. The SMILES string of the molecule is CC(C)S(=O)(=O)c1ccccc1Nc1nc(Cl)ncc1OC(F)F.COc1cc(N2CCC(N(C)C)CC2)ccc1N.COc1cc(N2CCC(N(C)C)CC2)ccc1Nc1ncc(OC(F)F)c(Nc2ccccc2S(=O)(=O)C(C)C)n1. The standard InChI is InChI=1S/C28H36F2N6O4S.C14H14ClF2N3O3S.C14H23N3O/c1-18(2)41(37,38)25-9-7-6-8-22(25)32-26-24(40-27(29)30)17-31-28(34-26)33-21-11-10-20(16-23(21)39-5)36-14-12-19(13-15-36)35(3)4;1-8(2)24(21,22)11-6-4-3-5-9(11)19-12-10(23-14(16)17)7-18-13(15)20-12;1-16(2)11-6-8-17(9-7-11)12-4-5-13(15)14(10-12)18-3/h6-11,16-19,27H,12-15H2,1-5H3,(H2,31,32,33,34);3-8,14H,1-2H3,(H,18,19,20);4-5,10-11H,6-9,15H2,1-3H3. The first-order chi connectivity index (χ1) is 39.3. The molecule has 20 nitrogen and oxygen atoms in total. The van der Waals surface area contributed by atoms with Gasteiger partial charge in [-0.05, 0) is 142 Å². The predicted octanol–water partition coefficient (Wildman–Crippen LogP) is 10.8. The number of ether oxygens (including phenoxy) is 4. The molecule has 0 saturated carbocycles. The van der Waals surface area contributed by atoms with E-state index in [1.54, 1.807) is 66.2 Å². The molecular formula is C56H73ClF4N12O8S2. The van der Waals surface area contributed by atoms with Crippen LogP contribution >= 0.6 is 11.6 Å². The highest BCUT2D eigenvalue weighted by Crippen LogP contribution is 2.37. The first-order valence-corrected chi connectivity index (χ1v) is 30.0. The van der Waals surface area contributed by atoms with Crippen LogP contribution in [0, 0.1) is 0 Å². The Balaban J connectivity index is 0.000000222. The molecule has 0 atom stereocenters. The van der Waals surface area contributed by atoms with E-state index < -0.39 is 43.4 Å². The minimum Gasteiger partial charge on any atom is -0.495 e. The molecule has 0 spiro atoms. The first-order valence-electron chi connectivity index (χ1n) is 26.5. The van der Waals surface area contributed by atoms with Crippen molar-refractivity contribution in [3.63, 3.8) is 0 Å². The number of halogens is 5. The summed E-state index contributed by atoms with van der Waals surface area (Å²) in [6, 6.07) is 25.3. The molecule has 6 aromatic rings. The Kier molecular flexibility index (Phi) is 23.0. The van der Waals surface area contributed by atoms with Gasteiger partial charge >= 0.3 is 13.2 Å². The van der Waals surface area contributed by atoms with Crippen LogP contribution in [-0.4, -0.2) is 151 Å². The molecule has 4 aromatic carbocycles. The van der Waals surface area contributed by atoms with Crippen LogP contribution in [0.5, 0.6) is 23.0 Å². The number of benzene rings is 4. The van der Waals surface area contributed by atoms with Gasteiger partial charge in [0.05, 0.1) is 69.7 Å². The van der Waals surface area contributed by atoms with Crippen molar-refractivity contribution in [2.75, 3.05) is 100 Å². The summed E-state index contributed by atoms with van der Waals surface area (Å²) in [5.41, 5.74) is 9.67. The highest BCUT2D eigenvalue weighted by atomic mass is 35.5. The Bertz CT molecular complexity index is 3320. The zero-order valence-electron chi connectivity index (χ0n) is 48.0. The highest BCUT2D eigenvalue weighted by molar-refractivity contribution is 7.92. The Labute approximate surface area is 488 Å². The second kappa shape index (κ2) is 29.4. The summed E-state index contributed by atoms with van der Waals surface area (Å²) in [4.78, 5) is 25.1. The lowest BCUT2D eigenvalue weighted by Gasteiger charge is -2.36. The summed E-state index contributed by atoms with van der Waals surface area (Å²) in [5, 5.41) is 7.04. The fourth-order valence-corrected chi connectivity index (χ4v) is 11.5. The third-order valence-electron chi connectivity index (χ3n) is 13.8. The van der Waals surface area contributed by atoms with Gasteiger partial charge in [0.25, 0.3) is 0 Å². The van der Waals surface area contributed by atoms with Gasteiger partial charge in [0.2, 0.25) is 11.2 Å². The van der Waals surface area contributed by atoms with Crippen molar-refractivity contribution in [3.8, 4) is 23.0 Å². The van der Waals surface area contributed by atoms with Crippen LogP contribution in [0.15, 0.2) is 107 Å². The maximum absolute atomic E-state index is 13.2. The molecule has 2 fully saturated rings. The van der Waals surface area contributed by atoms with Crippen LogP contribution in [0.1, 0.15) is 53.4 Å². The lowest BCUT2D eigenvalue weighted by atomic mass is 10.0. The number of methoxy groups -OCH3 is 2. The Hall–Kier alpha value is -7.13. The minimum atomic E-state index is -3.69. The molecule has 5 N–H and O–H groups in total. The number of nitrogens with one attached hydrogen (secondary N) is 3. The van der Waals surface area contributed by atoms with E-state index in [9.17, 15) is 34.4 Å². The molecule has 0 bridgehead atoms. The van der Waals surface area contributed by atoms with Gasteiger partial charge < -0.3 is 60.2 Å². The summed E-state index contributed by atoms with van der Waals surface area (Å²) >= 11 is 5.68. The third kappa shape index (κ3) is 17.5. The van der Waals surface area contributed by atoms with E-state index in [-0.39, 0.29) is 55.5 Å². The number of nitrogens with two attached hydrogens (primary N) is 1. The fraction of sp³-hybridized carbons (Fsp3) is 0.429. The van der Waals surface area contributed by atoms with Crippen molar-refractivity contribution in [3.05, 3.63) is 103 Å². The molecule has 2 aromatic heterocycles. The molecule has 83 heavy (non-hydrogen) atoms. The quantitative estimate of drug-likeness (QED) is 0.0316. The lowest BCUT2D eigenvalue weighted by Crippen LogP contribution is -2.41. The third-order valence-corrected chi connectivity index (χ3v) is 18.4. The number of rotatable bonds is 20. The van der Waals surface area contributed by atoms with Gasteiger partial charge in [-0.15, -0.1) is 0 Å². The summed E-state index contributed by atoms with van der Waals surface area (Å²) < 4.78 is 122. The number of aromatic nitrogens is 4. The minimum absolute atomic E-state index is 0.0118. The normalized spacial score (nSPS) is 14.3. The van der Waals surface area contributed by atoms with E-state index >= 15 is 0 Å². The van der Waals surface area contributed by atoms with Gasteiger partial charge in [-0.3, -0.25) is 0 Å². The average molecular weight is 1220 g/mol. The molecule has 0 radical (unpaired) electrons. The topological polar surface area (TPSA) is 232 Å². The number of anilines is 9. The largest absolute Gasteiger partial charge is 0.495 e. The summed E-state index contributed by atoms with van der Waals surface area (Å²) in [5.74, 6) is 0.391. The Morgan fingerprint density at radius 2 is 1.00 bits per heavy atom. The summed E-state index contributed by atoms with van der Waals surface area (Å²) in [6.45, 7) is 4.02. The number of alkyl halides is 4. The van der Waals surface area contributed by atoms with Gasteiger partial charge in [0.15, 0.2) is 42.8 Å². The molecule has 2 aliphatic heterocycles. The number of hydrogen-bond donors (Lipinski definition) is 4. The fourth-order valence-electron chi connectivity index (χ4n) is 9.00. The molecule has 0 unspecified atom stereocenters. The van der Waals surface area contributed by atoms with E-state index in [2.05, 4.69) is 99.2 Å². The van der Waals surface area contributed by atoms with Crippen molar-refractivity contribution in [1.29, 1.82) is 0 Å². The zero-order chi connectivity index (χ0) is 60.8.